The molecule has 0 bridgehead atoms. The van der Waals surface area contributed by atoms with Gasteiger partial charge in [-0.25, -0.2) is 0 Å². The lowest BCUT2D eigenvalue weighted by atomic mass is 10.0. The first-order chi connectivity index (χ1) is 15.2. The highest BCUT2D eigenvalue weighted by molar-refractivity contribution is 7.99. The molecule has 0 spiro atoms. The largest absolute Gasteiger partial charge is 0.497 e. The highest BCUT2D eigenvalue weighted by Crippen LogP contribution is 2.29. The lowest BCUT2D eigenvalue weighted by molar-refractivity contribution is -0.132. The molecule has 162 valence electrons. The van der Waals surface area contributed by atoms with Gasteiger partial charge in [-0.3, -0.25) is 14.3 Å². The van der Waals surface area contributed by atoms with Gasteiger partial charge < -0.3 is 9.64 Å². The van der Waals surface area contributed by atoms with Crippen molar-refractivity contribution in [3.05, 3.63) is 48.8 Å². The Hall–Kier alpha value is -2.87. The third kappa shape index (κ3) is 4.74. The molecule has 1 atom stereocenters. The highest BCUT2D eigenvalue weighted by atomic mass is 32.2. The van der Waals surface area contributed by atoms with E-state index in [-0.39, 0.29) is 5.91 Å². The van der Waals surface area contributed by atoms with Gasteiger partial charge in [-0.1, -0.05) is 18.7 Å². The predicted molar refractivity (Wildman–Crippen MR) is 122 cm³/mol. The summed E-state index contributed by atoms with van der Waals surface area (Å²) >= 11 is 1.43. The number of piperidine rings is 1. The molecule has 1 aliphatic heterocycles. The molecule has 1 fully saturated rings. The van der Waals surface area contributed by atoms with Gasteiger partial charge in [0.05, 0.1) is 12.9 Å². The van der Waals surface area contributed by atoms with Crippen molar-refractivity contribution in [2.75, 3.05) is 19.4 Å². The number of thioether (sulfide) groups is 1. The van der Waals surface area contributed by atoms with Crippen LogP contribution in [0.15, 0.2) is 53.9 Å². The summed E-state index contributed by atoms with van der Waals surface area (Å²) in [6.45, 7) is 3.01. The van der Waals surface area contributed by atoms with Crippen molar-refractivity contribution in [2.24, 2.45) is 0 Å². The Morgan fingerprint density at radius 2 is 1.90 bits per heavy atom. The summed E-state index contributed by atoms with van der Waals surface area (Å²) in [5, 5.41) is 9.55. The maximum atomic E-state index is 13.0. The summed E-state index contributed by atoms with van der Waals surface area (Å²) in [5.41, 5.74) is 1.83. The second kappa shape index (κ2) is 9.96. The summed E-state index contributed by atoms with van der Waals surface area (Å²) in [6.07, 6.45) is 7.86. The third-order valence-corrected chi connectivity index (χ3v) is 6.56. The van der Waals surface area contributed by atoms with Crippen LogP contribution >= 0.6 is 11.8 Å². The van der Waals surface area contributed by atoms with E-state index in [0.29, 0.717) is 22.8 Å². The number of rotatable bonds is 7. The van der Waals surface area contributed by atoms with Crippen LogP contribution in [0.3, 0.4) is 0 Å². The van der Waals surface area contributed by atoms with Crippen LogP contribution in [0.4, 0.5) is 0 Å². The van der Waals surface area contributed by atoms with E-state index in [1.165, 1.54) is 18.2 Å². The number of nitrogens with zero attached hydrogens (tertiary/aromatic N) is 5. The molecule has 0 radical (unpaired) electrons. The summed E-state index contributed by atoms with van der Waals surface area (Å²) in [7, 11) is 1.65. The minimum atomic E-state index is 0.172. The quantitative estimate of drug-likeness (QED) is 0.515. The van der Waals surface area contributed by atoms with E-state index in [4.69, 9.17) is 4.74 Å². The van der Waals surface area contributed by atoms with E-state index >= 15 is 0 Å². The van der Waals surface area contributed by atoms with Crippen LogP contribution in [0, 0.1) is 0 Å². The van der Waals surface area contributed by atoms with Crippen LogP contribution in [-0.2, 0) is 4.79 Å². The van der Waals surface area contributed by atoms with Gasteiger partial charge in [0.2, 0.25) is 5.91 Å². The molecular weight excluding hydrogens is 410 g/mol. The molecule has 31 heavy (non-hydrogen) atoms. The number of carbonyl (C=O) groups excluding carboxylic acids is 1. The van der Waals surface area contributed by atoms with Crippen LogP contribution in [0.5, 0.6) is 5.75 Å². The van der Waals surface area contributed by atoms with Gasteiger partial charge in [-0.15, -0.1) is 10.2 Å². The maximum Gasteiger partial charge on any atom is 0.233 e. The van der Waals surface area contributed by atoms with E-state index in [9.17, 15) is 4.79 Å². The summed E-state index contributed by atoms with van der Waals surface area (Å²) < 4.78 is 7.28. The van der Waals surface area contributed by atoms with Gasteiger partial charge in [0.25, 0.3) is 0 Å². The molecule has 2 aromatic heterocycles. The highest BCUT2D eigenvalue weighted by Gasteiger charge is 2.26. The van der Waals surface area contributed by atoms with Gasteiger partial charge in [0.1, 0.15) is 5.75 Å². The zero-order valence-corrected chi connectivity index (χ0v) is 18.7. The molecule has 1 aromatic carbocycles. The van der Waals surface area contributed by atoms with Crippen molar-refractivity contribution in [3.63, 3.8) is 0 Å². The number of methoxy groups -OCH3 is 1. The Morgan fingerprint density at radius 1 is 1.13 bits per heavy atom. The van der Waals surface area contributed by atoms with E-state index in [2.05, 4.69) is 22.1 Å². The predicted octanol–water partition coefficient (Wildman–Crippen LogP) is 4.22. The van der Waals surface area contributed by atoms with Crippen molar-refractivity contribution in [2.45, 2.75) is 43.8 Å². The first-order valence-corrected chi connectivity index (χ1v) is 11.6. The molecule has 1 unspecified atom stereocenters. The first kappa shape index (κ1) is 21.4. The number of pyridine rings is 1. The topological polar surface area (TPSA) is 73.1 Å². The Labute approximate surface area is 186 Å². The molecule has 3 heterocycles. The lowest BCUT2D eigenvalue weighted by Crippen LogP contribution is -2.44. The normalized spacial score (nSPS) is 16.3. The molecule has 7 nitrogen and oxygen atoms in total. The smallest absolute Gasteiger partial charge is 0.233 e. The summed E-state index contributed by atoms with van der Waals surface area (Å²) in [6, 6.07) is 11.9. The summed E-state index contributed by atoms with van der Waals surface area (Å²) in [5.74, 6) is 2.02. The molecular formula is C23H27N5O2S. The minimum absolute atomic E-state index is 0.172. The molecule has 0 N–H and O–H groups in total. The van der Waals surface area contributed by atoms with Crippen molar-refractivity contribution < 1.29 is 9.53 Å². The van der Waals surface area contributed by atoms with Crippen molar-refractivity contribution >= 4 is 17.7 Å². The lowest BCUT2D eigenvalue weighted by Gasteiger charge is -2.35. The van der Waals surface area contributed by atoms with Crippen LogP contribution in [0.25, 0.3) is 17.1 Å². The van der Waals surface area contributed by atoms with Gasteiger partial charge in [0, 0.05) is 36.2 Å². The SMILES string of the molecule is CCC1CCCCN1C(=O)CSc1nnc(-c2ccncc2)n1-c1ccc(OC)cc1. The number of carbonyl (C=O) groups is 1. The standard InChI is InChI=1S/C23H27N5O2S/c1-3-18-6-4-5-15-27(18)21(29)16-31-23-26-25-22(17-11-13-24-14-12-17)28(23)19-7-9-20(30-2)10-8-19/h7-14,18H,3-6,15-16H2,1-2H3. The van der Waals surface area contributed by atoms with E-state index < -0.39 is 0 Å². The Bertz CT molecular complexity index is 1010. The molecule has 0 saturated carbocycles. The Balaban J connectivity index is 1.61. The molecule has 1 aliphatic rings. The maximum absolute atomic E-state index is 13.0. The fraction of sp³-hybridized carbons (Fsp3) is 0.391. The first-order valence-electron chi connectivity index (χ1n) is 10.6. The second-order valence-electron chi connectivity index (χ2n) is 7.51. The van der Waals surface area contributed by atoms with Gasteiger partial charge in [-0.2, -0.15) is 0 Å². The van der Waals surface area contributed by atoms with Crippen molar-refractivity contribution in [3.8, 4) is 22.8 Å². The van der Waals surface area contributed by atoms with Crippen LogP contribution in [0.2, 0.25) is 0 Å². The minimum Gasteiger partial charge on any atom is -0.497 e. The fourth-order valence-electron chi connectivity index (χ4n) is 3.98. The average Bonchev–Trinajstić information content (AvgIpc) is 3.27. The number of benzene rings is 1. The summed E-state index contributed by atoms with van der Waals surface area (Å²) in [4.78, 5) is 19.1. The molecule has 8 heteroatoms. The monoisotopic (exact) mass is 437 g/mol. The Kier molecular flexibility index (Phi) is 6.86. The second-order valence-corrected chi connectivity index (χ2v) is 8.45. The van der Waals surface area contributed by atoms with Crippen LogP contribution in [0.1, 0.15) is 32.6 Å². The number of hydrogen-bond acceptors (Lipinski definition) is 6. The molecule has 1 amide bonds. The van der Waals surface area contributed by atoms with Gasteiger partial charge >= 0.3 is 0 Å². The zero-order valence-electron chi connectivity index (χ0n) is 17.9. The van der Waals surface area contributed by atoms with Crippen molar-refractivity contribution in [1.29, 1.82) is 0 Å². The van der Waals surface area contributed by atoms with E-state index in [1.54, 1.807) is 19.5 Å². The van der Waals surface area contributed by atoms with E-state index in [0.717, 1.165) is 42.8 Å². The number of ether oxygens (including phenoxy) is 1. The van der Waals surface area contributed by atoms with Gasteiger partial charge in [-0.05, 0) is 62.1 Å². The fourth-order valence-corrected chi connectivity index (χ4v) is 4.82. The average molecular weight is 438 g/mol. The Morgan fingerprint density at radius 3 is 2.61 bits per heavy atom. The number of likely N-dealkylation sites (tertiary alicyclic amines) is 1. The van der Waals surface area contributed by atoms with Crippen molar-refractivity contribution in [1.82, 2.24) is 24.6 Å². The molecule has 1 saturated heterocycles. The third-order valence-electron chi connectivity index (χ3n) is 5.65. The van der Waals surface area contributed by atoms with E-state index in [1.807, 2.05) is 45.9 Å². The zero-order chi connectivity index (χ0) is 21.6. The molecule has 3 aromatic rings. The molecule has 4 rings (SSSR count). The molecule has 0 aliphatic carbocycles. The van der Waals surface area contributed by atoms with Crippen LogP contribution < -0.4 is 4.74 Å². The van der Waals surface area contributed by atoms with Gasteiger partial charge in [0.15, 0.2) is 11.0 Å². The number of aromatic nitrogens is 4. The number of hydrogen-bond donors (Lipinski definition) is 0. The number of amides is 1. The van der Waals surface area contributed by atoms with Crippen LogP contribution in [-0.4, -0.2) is 56.0 Å².